The van der Waals surface area contributed by atoms with Crippen LogP contribution in [0.1, 0.15) is 56.3 Å². The molecule has 1 atom stereocenters. The fourth-order valence-electron chi connectivity index (χ4n) is 8.39. The van der Waals surface area contributed by atoms with Crippen LogP contribution in [0.2, 0.25) is 0 Å². The topological polar surface area (TPSA) is 159 Å². The lowest BCUT2D eigenvalue weighted by Gasteiger charge is -2.38. The van der Waals surface area contributed by atoms with Crippen molar-refractivity contribution in [1.82, 2.24) is 30.6 Å². The van der Waals surface area contributed by atoms with Crippen molar-refractivity contribution in [3.63, 3.8) is 0 Å². The molecule has 0 spiro atoms. The largest absolute Gasteiger partial charge is 0.495 e. The highest BCUT2D eigenvalue weighted by Gasteiger charge is 2.47. The number of nitrogens with zero attached hydrogens (tertiary/aromatic N) is 8. The zero-order chi connectivity index (χ0) is 43.6. The summed E-state index contributed by atoms with van der Waals surface area (Å²) in [6, 6.07) is 9.07. The van der Waals surface area contributed by atoms with Crippen LogP contribution in [0, 0.1) is 11.7 Å². The average Bonchev–Trinajstić information content (AvgIpc) is 3.31. The summed E-state index contributed by atoms with van der Waals surface area (Å²) in [5.41, 5.74) is 5.16. The van der Waals surface area contributed by atoms with Crippen molar-refractivity contribution >= 4 is 58.1 Å². The van der Waals surface area contributed by atoms with E-state index in [1.165, 1.54) is 31.3 Å². The van der Waals surface area contributed by atoms with Crippen LogP contribution in [0.25, 0.3) is 0 Å². The van der Waals surface area contributed by atoms with Gasteiger partial charge in [0, 0.05) is 77.1 Å². The summed E-state index contributed by atoms with van der Waals surface area (Å²) < 4.78 is 50.4. The Hall–Kier alpha value is -5.69. The second-order valence-electron chi connectivity index (χ2n) is 16.4. The van der Waals surface area contributed by atoms with Crippen molar-refractivity contribution < 1.29 is 37.1 Å². The molecule has 0 aliphatic carbocycles. The molecular formula is C42H54F3N11O5. The van der Waals surface area contributed by atoms with Crippen LogP contribution in [-0.4, -0.2) is 135 Å². The Bertz CT molecular complexity index is 2130. The van der Waals surface area contributed by atoms with Crippen LogP contribution >= 0.6 is 0 Å². The molecule has 3 N–H and O–H groups in total. The summed E-state index contributed by atoms with van der Waals surface area (Å²) in [6.45, 7) is 8.09. The number of carbonyl (C=O) groups is 4. The fourth-order valence-corrected chi connectivity index (χ4v) is 8.39. The second-order valence-corrected chi connectivity index (χ2v) is 16.4. The fraction of sp³-hybridized carbons (Fsp3) is 0.524. The number of halogens is 3. The van der Waals surface area contributed by atoms with Gasteiger partial charge < -0.3 is 29.7 Å². The quantitative estimate of drug-likeness (QED) is 0.225. The van der Waals surface area contributed by atoms with Crippen molar-refractivity contribution in [2.45, 2.75) is 64.0 Å². The first kappa shape index (κ1) is 43.4. The number of carbonyl (C=O) groups excluding carboxylic acids is 4. The summed E-state index contributed by atoms with van der Waals surface area (Å²) in [6.07, 6.45) is 4.90. The minimum atomic E-state index is -3.61. The lowest BCUT2D eigenvalue weighted by molar-refractivity contribution is -0.140. The van der Waals surface area contributed by atoms with Crippen molar-refractivity contribution in [3.8, 4) is 5.75 Å². The van der Waals surface area contributed by atoms with Gasteiger partial charge in [-0.25, -0.2) is 14.4 Å². The molecular weight excluding hydrogens is 796 g/mol. The molecule has 16 nitrogen and oxygen atoms in total. The number of fused-ring (bicyclic) bond motifs is 1. The van der Waals surface area contributed by atoms with E-state index in [1.54, 1.807) is 50.1 Å². The molecule has 61 heavy (non-hydrogen) atoms. The number of ether oxygens (including phenoxy) is 1. The molecule has 4 amide bonds. The molecule has 0 bridgehead atoms. The normalized spacial score (nSPS) is 20.3. The smallest absolute Gasteiger partial charge is 0.342 e. The highest BCUT2D eigenvalue weighted by Crippen LogP contribution is 2.38. The van der Waals surface area contributed by atoms with Gasteiger partial charge in [0.2, 0.25) is 17.8 Å². The number of likely N-dealkylation sites (N-methyl/N-ethyl adjacent to an activating group) is 1. The molecule has 0 radical (unpaired) electrons. The number of amides is 4. The van der Waals surface area contributed by atoms with Crippen LogP contribution in [0.5, 0.6) is 5.75 Å². The van der Waals surface area contributed by atoms with Gasteiger partial charge in [-0.05, 0) is 88.4 Å². The molecule has 0 saturated carbocycles. The number of imide groups is 1. The van der Waals surface area contributed by atoms with Gasteiger partial charge in [-0.3, -0.25) is 34.8 Å². The third-order valence-electron chi connectivity index (χ3n) is 12.2. The summed E-state index contributed by atoms with van der Waals surface area (Å²) in [5, 5.41) is 7.37. The lowest BCUT2D eigenvalue weighted by Crippen LogP contribution is -2.51. The van der Waals surface area contributed by atoms with Gasteiger partial charge in [0.1, 0.15) is 23.3 Å². The lowest BCUT2D eigenvalue weighted by atomic mass is 9.94. The van der Waals surface area contributed by atoms with Gasteiger partial charge in [-0.1, -0.05) is 0 Å². The standard InChI is InChI=1S/C42H54F3N11O5/c1-26(2)56-25-42(44,45)40(60)52(4)34-24-46-41(49-37(34)56)47-31-8-6-28(22-35(31)61-5)38(58)50-55-16-13-27(14-17-55)12-15-53-18-20-54(21-19-53)32-9-7-29(23-30(32)43)51(3)33-10-11-36(57)48-39(33)59/h6-9,22-24,26-27,33H,10-21,25H2,1-5H3,(H,50,58)(H,46,47,49)(H,48,57,59). The van der Waals surface area contributed by atoms with E-state index >= 15 is 4.39 Å². The first-order chi connectivity index (χ1) is 29.1. The molecule has 3 saturated heterocycles. The second kappa shape index (κ2) is 18.1. The predicted octanol–water partition coefficient (Wildman–Crippen LogP) is 4.00. The third-order valence-corrected chi connectivity index (χ3v) is 12.2. The van der Waals surface area contributed by atoms with Crippen LogP contribution in [-0.2, 0) is 14.4 Å². The van der Waals surface area contributed by atoms with Crippen LogP contribution in [0.3, 0.4) is 0 Å². The van der Waals surface area contributed by atoms with E-state index in [4.69, 9.17) is 4.74 Å². The first-order valence-electron chi connectivity index (χ1n) is 20.8. The average molecular weight is 850 g/mol. The van der Waals surface area contributed by atoms with Crippen molar-refractivity contribution in [2.75, 3.05) is 98.5 Å². The minimum Gasteiger partial charge on any atom is -0.495 e. The van der Waals surface area contributed by atoms with Crippen molar-refractivity contribution in [1.29, 1.82) is 0 Å². The molecule has 5 heterocycles. The highest BCUT2D eigenvalue weighted by molar-refractivity contribution is 6.02. The molecule has 19 heteroatoms. The van der Waals surface area contributed by atoms with Gasteiger partial charge in [-0.15, -0.1) is 0 Å². The number of anilines is 6. The Labute approximate surface area is 353 Å². The Morgan fingerprint density at radius 3 is 2.43 bits per heavy atom. The van der Waals surface area contributed by atoms with E-state index < -0.39 is 24.4 Å². The Morgan fingerprint density at radius 2 is 1.75 bits per heavy atom. The molecule has 1 aromatic heterocycles. The number of nitrogens with one attached hydrogen (secondary N) is 3. The number of methoxy groups -OCH3 is 1. The third kappa shape index (κ3) is 9.62. The van der Waals surface area contributed by atoms with Gasteiger partial charge in [-0.2, -0.15) is 13.8 Å². The Morgan fingerprint density at radius 1 is 1.02 bits per heavy atom. The number of piperazine rings is 1. The zero-order valence-electron chi connectivity index (χ0n) is 35.2. The number of hydrazine groups is 1. The summed E-state index contributed by atoms with van der Waals surface area (Å²) in [4.78, 5) is 66.9. The monoisotopic (exact) mass is 849 g/mol. The van der Waals surface area contributed by atoms with E-state index in [0.717, 1.165) is 43.8 Å². The van der Waals surface area contributed by atoms with E-state index in [9.17, 15) is 28.0 Å². The van der Waals surface area contributed by atoms with Crippen LogP contribution in [0.4, 0.5) is 47.7 Å². The van der Waals surface area contributed by atoms with E-state index in [2.05, 4.69) is 35.8 Å². The van der Waals surface area contributed by atoms with Gasteiger partial charge in [0.15, 0.2) is 5.82 Å². The number of aromatic nitrogens is 2. The number of rotatable bonds is 12. The number of hydrogen-bond donors (Lipinski definition) is 3. The van der Waals surface area contributed by atoms with E-state index in [0.29, 0.717) is 66.9 Å². The van der Waals surface area contributed by atoms with Crippen molar-refractivity contribution in [2.24, 2.45) is 5.92 Å². The molecule has 3 aromatic rings. The first-order valence-corrected chi connectivity index (χ1v) is 20.8. The molecule has 1 unspecified atom stereocenters. The molecule has 3 fully saturated rings. The van der Waals surface area contributed by atoms with Gasteiger partial charge in [0.25, 0.3) is 11.8 Å². The van der Waals surface area contributed by atoms with Gasteiger partial charge in [0.05, 0.1) is 31.2 Å². The van der Waals surface area contributed by atoms with Crippen LogP contribution in [0.15, 0.2) is 42.6 Å². The maximum atomic E-state index is 15.4. The number of piperidine rings is 2. The summed E-state index contributed by atoms with van der Waals surface area (Å²) in [7, 11) is 4.49. The molecule has 2 aromatic carbocycles. The van der Waals surface area contributed by atoms with Gasteiger partial charge >= 0.3 is 5.92 Å². The number of alkyl halides is 2. The molecule has 4 aliphatic rings. The Balaban J connectivity index is 0.860. The number of hydrogen-bond acceptors (Lipinski definition) is 13. The number of benzene rings is 2. The maximum Gasteiger partial charge on any atom is 0.342 e. The highest BCUT2D eigenvalue weighted by atomic mass is 19.3. The molecule has 4 aliphatic heterocycles. The van der Waals surface area contributed by atoms with E-state index in [-0.39, 0.29) is 53.5 Å². The molecule has 328 valence electrons. The van der Waals surface area contributed by atoms with Crippen molar-refractivity contribution in [3.05, 3.63) is 54.0 Å². The van der Waals surface area contributed by atoms with Crippen LogP contribution < -0.4 is 40.4 Å². The zero-order valence-corrected chi connectivity index (χ0v) is 35.2. The molecule has 7 rings (SSSR count). The summed E-state index contributed by atoms with van der Waals surface area (Å²) in [5.74, 6) is -5.04. The summed E-state index contributed by atoms with van der Waals surface area (Å²) >= 11 is 0. The Kier molecular flexibility index (Phi) is 12.9. The van der Waals surface area contributed by atoms with E-state index in [1.807, 2.05) is 11.1 Å². The maximum absolute atomic E-state index is 15.4. The SMILES string of the molecule is COc1cc(C(=O)NN2CCC(CCN3CCN(c4ccc(N(C)C5CCC(=O)NC5=O)cc4F)CC3)CC2)ccc1Nc1ncc2c(n1)N(C(C)C)CC(F)(F)C(=O)N2C. The predicted molar refractivity (Wildman–Crippen MR) is 225 cm³/mol. The minimum absolute atomic E-state index is 0.104.